The number of carbonyl (C=O) groups is 2. The zero-order valence-corrected chi connectivity index (χ0v) is 44.5. The molecule has 4 aromatic heterocycles. The molecule has 6 N–H and O–H groups in total. The van der Waals surface area contributed by atoms with Crippen molar-refractivity contribution in [2.75, 3.05) is 44.8 Å². The third kappa shape index (κ3) is 14.4. The van der Waals surface area contributed by atoms with Crippen LogP contribution in [-0.2, 0) is 35.4 Å². The normalized spacial score (nSPS) is 11.4. The van der Waals surface area contributed by atoms with Crippen LogP contribution in [0, 0.1) is 5.41 Å². The average molecular weight is 1050 g/mol. The second-order valence-corrected chi connectivity index (χ2v) is 20.4. The van der Waals surface area contributed by atoms with Gasteiger partial charge in [-0.25, -0.2) is 34.5 Å². The van der Waals surface area contributed by atoms with E-state index < -0.39 is 23.4 Å². The molecule has 4 heterocycles. The highest BCUT2D eigenvalue weighted by atomic mass is 32.2. The summed E-state index contributed by atoms with van der Waals surface area (Å²) in [6.07, 6.45) is 3.50. The van der Waals surface area contributed by atoms with Gasteiger partial charge in [-0.15, -0.1) is 0 Å². The predicted molar refractivity (Wildman–Crippen MR) is 285 cm³/mol. The fourth-order valence-corrected chi connectivity index (χ4v) is 9.13. The van der Waals surface area contributed by atoms with Gasteiger partial charge in [-0.05, 0) is 150 Å². The zero-order valence-electron chi connectivity index (χ0n) is 42.9. The lowest BCUT2D eigenvalue weighted by atomic mass is 10.1. The summed E-state index contributed by atoms with van der Waals surface area (Å²) in [5.74, 6) is 3.15. The number of nitrogens with zero attached hydrogens (tertiary/aromatic N) is 7. The van der Waals surface area contributed by atoms with Crippen molar-refractivity contribution >= 4 is 75.2 Å². The predicted octanol–water partition coefficient (Wildman–Crippen LogP) is 10.2. The molecule has 74 heavy (non-hydrogen) atoms. The smallest absolute Gasteiger partial charge is 0.412 e. The van der Waals surface area contributed by atoms with Gasteiger partial charge in [0.1, 0.15) is 46.0 Å². The number of nitrogen functional groups attached to an aromatic ring is 1. The molecule has 22 heteroatoms. The Hall–Kier alpha value is -7.98. The van der Waals surface area contributed by atoms with Crippen LogP contribution in [0.4, 0.5) is 26.8 Å². The number of aryl methyl sites for hydroxylation is 4. The number of carbonyl (C=O) groups excluding carboxylic acids is 2. The number of anilines is 3. The quantitative estimate of drug-likeness (QED) is 0.0603. The Morgan fingerprint density at radius 2 is 1.19 bits per heavy atom. The number of imidazole rings is 2. The van der Waals surface area contributed by atoms with E-state index in [0.717, 1.165) is 20.9 Å². The molecule has 0 radical (unpaired) electrons. The van der Waals surface area contributed by atoms with Crippen molar-refractivity contribution in [2.24, 2.45) is 0 Å². The van der Waals surface area contributed by atoms with Gasteiger partial charge >= 0.3 is 12.2 Å². The van der Waals surface area contributed by atoms with Gasteiger partial charge in [0, 0.05) is 24.5 Å². The van der Waals surface area contributed by atoms with Crippen LogP contribution in [0.1, 0.15) is 52.7 Å². The number of aromatic nitrogens is 8. The Morgan fingerprint density at radius 1 is 0.662 bits per heavy atom. The van der Waals surface area contributed by atoms with Crippen LogP contribution in [0.5, 0.6) is 23.0 Å². The molecular weight excluding hydrogens is 985 g/mol. The van der Waals surface area contributed by atoms with Gasteiger partial charge < -0.3 is 48.3 Å². The molecule has 8 aromatic rings. The molecule has 0 atom stereocenters. The number of nitrogens with one attached hydrogen (secondary N) is 4. The van der Waals surface area contributed by atoms with Crippen molar-refractivity contribution in [1.29, 1.82) is 5.41 Å². The number of hydrogen-bond donors (Lipinski definition) is 5. The summed E-state index contributed by atoms with van der Waals surface area (Å²) in [7, 11) is 6.48. The molecule has 2 amide bonds. The SMILES string of the molecule is COc1ccc(OC)c(Sc2nc3c(N)ncnc3n2CCc2ccc(NC(=O)OC(C)(C)C)cc2)c1.COc1ccc(OC)c(Sc2nc3c([nH]2)c(=N)ncn3CCc2ccc(NC(=O)OC(C)(C)C)cc2)c1. The highest BCUT2D eigenvalue weighted by molar-refractivity contribution is 7.99. The largest absolute Gasteiger partial charge is 0.497 e. The molecule has 0 aliphatic rings. The van der Waals surface area contributed by atoms with Gasteiger partial charge in [-0.2, -0.15) is 0 Å². The molecule has 388 valence electrons. The summed E-state index contributed by atoms with van der Waals surface area (Å²) in [5.41, 5.74) is 11.0. The topological polar surface area (TPSA) is 254 Å². The maximum Gasteiger partial charge on any atom is 0.412 e. The summed E-state index contributed by atoms with van der Waals surface area (Å²) in [4.78, 5) is 51.2. The summed E-state index contributed by atoms with van der Waals surface area (Å²) in [6, 6.07) is 26.4. The summed E-state index contributed by atoms with van der Waals surface area (Å²) >= 11 is 2.84. The van der Waals surface area contributed by atoms with E-state index in [9.17, 15) is 9.59 Å². The van der Waals surface area contributed by atoms with Crippen LogP contribution in [0.2, 0.25) is 0 Å². The molecule has 0 spiro atoms. The first kappa shape index (κ1) is 53.8. The Bertz CT molecular complexity index is 3290. The monoisotopic (exact) mass is 1040 g/mol. The minimum absolute atomic E-state index is 0.126. The van der Waals surface area contributed by atoms with Crippen molar-refractivity contribution < 1.29 is 38.0 Å². The lowest BCUT2D eigenvalue weighted by molar-refractivity contribution is 0.0624. The van der Waals surface area contributed by atoms with Gasteiger partial charge in [0.05, 0.1) is 44.6 Å². The van der Waals surface area contributed by atoms with Crippen LogP contribution in [-0.4, -0.2) is 90.9 Å². The van der Waals surface area contributed by atoms with Gasteiger partial charge in [0.25, 0.3) is 0 Å². The van der Waals surface area contributed by atoms with E-state index in [0.29, 0.717) is 98.8 Å². The molecule has 8 rings (SSSR count). The van der Waals surface area contributed by atoms with E-state index in [-0.39, 0.29) is 5.49 Å². The van der Waals surface area contributed by atoms with E-state index in [1.165, 1.54) is 29.9 Å². The van der Waals surface area contributed by atoms with Crippen LogP contribution in [0.3, 0.4) is 0 Å². The highest BCUT2D eigenvalue weighted by Gasteiger charge is 2.21. The minimum Gasteiger partial charge on any atom is -0.497 e. The number of rotatable bonds is 16. The average Bonchev–Trinajstić information content (AvgIpc) is 3.95. The number of fused-ring (bicyclic) bond motifs is 2. The van der Waals surface area contributed by atoms with Crippen molar-refractivity contribution in [3.05, 3.63) is 114 Å². The first-order valence-electron chi connectivity index (χ1n) is 23.3. The molecule has 0 unspecified atom stereocenters. The van der Waals surface area contributed by atoms with Crippen molar-refractivity contribution in [3.63, 3.8) is 0 Å². The van der Waals surface area contributed by atoms with E-state index in [2.05, 4.69) is 30.6 Å². The van der Waals surface area contributed by atoms with Gasteiger partial charge in [0.2, 0.25) is 0 Å². The molecular formula is C52H60N12O8S2. The van der Waals surface area contributed by atoms with E-state index in [1.54, 1.807) is 34.8 Å². The van der Waals surface area contributed by atoms with Gasteiger partial charge in [-0.3, -0.25) is 16.0 Å². The third-order valence-corrected chi connectivity index (χ3v) is 12.6. The van der Waals surface area contributed by atoms with Gasteiger partial charge in [-0.1, -0.05) is 24.3 Å². The van der Waals surface area contributed by atoms with Crippen LogP contribution >= 0.6 is 23.5 Å². The summed E-state index contributed by atoms with van der Waals surface area (Å²) in [5, 5.41) is 15.0. The highest BCUT2D eigenvalue weighted by Crippen LogP contribution is 2.39. The number of nitrogens with two attached hydrogens (primary N) is 1. The number of aromatic amines is 1. The number of benzene rings is 4. The molecule has 0 fully saturated rings. The molecule has 0 bridgehead atoms. The Morgan fingerprint density at radius 3 is 1.70 bits per heavy atom. The molecule has 20 nitrogen and oxygen atoms in total. The van der Waals surface area contributed by atoms with Gasteiger partial charge in [0.15, 0.2) is 38.4 Å². The second kappa shape index (κ2) is 23.7. The molecule has 0 saturated heterocycles. The third-order valence-electron chi connectivity index (χ3n) is 10.6. The molecule has 0 aliphatic carbocycles. The number of amides is 2. The molecule has 0 saturated carbocycles. The zero-order chi connectivity index (χ0) is 53.2. The lowest BCUT2D eigenvalue weighted by Crippen LogP contribution is -2.27. The van der Waals surface area contributed by atoms with Crippen LogP contribution in [0.25, 0.3) is 22.3 Å². The number of methoxy groups -OCH3 is 4. The summed E-state index contributed by atoms with van der Waals surface area (Å²) < 4.78 is 36.3. The second-order valence-electron chi connectivity index (χ2n) is 18.4. The molecule has 0 aliphatic heterocycles. The van der Waals surface area contributed by atoms with Crippen LogP contribution < -0.4 is 40.8 Å². The van der Waals surface area contributed by atoms with Crippen molar-refractivity contribution in [3.8, 4) is 23.0 Å². The van der Waals surface area contributed by atoms with E-state index >= 15 is 0 Å². The minimum atomic E-state index is -0.560. The molecule has 4 aromatic carbocycles. The fraction of sp³-hybridized carbons (Fsp3) is 0.308. The lowest BCUT2D eigenvalue weighted by Gasteiger charge is -2.19. The Balaban J connectivity index is 0.000000216. The fourth-order valence-electron chi connectivity index (χ4n) is 7.16. The first-order valence-corrected chi connectivity index (χ1v) is 24.9. The maximum atomic E-state index is 12.0. The van der Waals surface area contributed by atoms with E-state index in [1.807, 2.05) is 136 Å². The first-order chi connectivity index (χ1) is 35.3. The summed E-state index contributed by atoms with van der Waals surface area (Å²) in [6.45, 7) is 12.1. The number of H-pyrrole nitrogens is 1. The standard InChI is InChI=1S/2C26H30N6O4S/c1-26(2,3)36-25(33)29-17-8-6-16(7-9-17)12-13-32-15-28-22(27)21-23(32)31-24(30-21)37-20-14-18(34-4)10-11-19(20)35-5;1-26(2,3)36-25(33)30-17-8-6-16(7-9-17)12-13-32-23-21(22(27)28-15-29-23)31-24(32)37-20-14-18(34-4)10-11-19(20)35-5/h6-11,14-15,27H,12-13H2,1-5H3,(H,29,33)(H,30,31);6-11,14-15H,12-13H2,1-5H3,(H,30,33)(H2,27,28,29). The van der Waals surface area contributed by atoms with Crippen LogP contribution in [0.15, 0.2) is 118 Å². The van der Waals surface area contributed by atoms with Crippen molar-refractivity contribution in [2.45, 2.75) is 98.8 Å². The number of ether oxygens (including phenoxy) is 6. The van der Waals surface area contributed by atoms with Crippen molar-refractivity contribution in [1.82, 2.24) is 39.0 Å². The Kier molecular flexibility index (Phi) is 17.2. The maximum absolute atomic E-state index is 12.0. The van der Waals surface area contributed by atoms with E-state index in [4.69, 9.17) is 49.5 Å². The Labute approximate surface area is 436 Å². The number of hydrogen-bond acceptors (Lipinski definition) is 17.